The Morgan fingerprint density at radius 1 is 0.383 bits per heavy atom. The van der Waals surface area contributed by atoms with Crippen LogP contribution in [0.5, 0.6) is 0 Å². The fourth-order valence-electron chi connectivity index (χ4n) is 7.24. The van der Waals surface area contributed by atoms with Crippen molar-refractivity contribution in [3.05, 3.63) is 170 Å². The molecule has 0 amide bonds. The first-order valence-electron chi connectivity index (χ1n) is 19.5. The molecule has 9 aromatic carbocycles. The quantitative estimate of drug-likeness (QED) is 0.183. The normalized spacial score (nSPS) is 14.2. The van der Waals surface area contributed by atoms with Gasteiger partial charge in [0.15, 0.2) is 0 Å². The van der Waals surface area contributed by atoms with Crippen molar-refractivity contribution >= 4 is 65.0 Å². The molecule has 0 saturated carbocycles. The second kappa shape index (κ2) is 10.2. The third-order valence-electron chi connectivity index (χ3n) is 9.30. The van der Waals surface area contributed by atoms with Gasteiger partial charge in [0, 0.05) is 16.3 Å². The van der Waals surface area contributed by atoms with Crippen molar-refractivity contribution in [1.82, 2.24) is 0 Å². The summed E-state index contributed by atoms with van der Waals surface area (Å²) in [4.78, 5) is 0. The second-order valence-corrected chi connectivity index (χ2v) is 11.8. The topological polar surface area (TPSA) is 13.1 Å². The van der Waals surface area contributed by atoms with Gasteiger partial charge in [-0.15, -0.1) is 0 Å². The zero-order chi connectivity index (χ0) is 37.9. The number of rotatable bonds is 3. The highest BCUT2D eigenvalue weighted by molar-refractivity contribution is 6.24. The summed E-state index contributed by atoms with van der Waals surface area (Å²) in [5.74, 6) is 0. The molecule has 0 saturated heterocycles. The van der Waals surface area contributed by atoms with Gasteiger partial charge in [0.05, 0.1) is 11.0 Å². The van der Waals surface area contributed by atoms with Gasteiger partial charge in [0.25, 0.3) is 0 Å². The van der Waals surface area contributed by atoms with Gasteiger partial charge in [0.1, 0.15) is 11.2 Å². The van der Waals surface area contributed by atoms with Gasteiger partial charge < -0.3 is 4.42 Å². The molecule has 1 heterocycles. The lowest BCUT2D eigenvalue weighted by Crippen LogP contribution is -1.92. The molecule has 0 bridgehead atoms. The lowest BCUT2D eigenvalue weighted by molar-refractivity contribution is 0.670. The van der Waals surface area contributed by atoms with Gasteiger partial charge in [-0.3, -0.25) is 0 Å². The van der Waals surface area contributed by atoms with E-state index in [1.54, 1.807) is 0 Å². The molecule has 1 heteroatoms. The minimum Gasteiger partial charge on any atom is -0.455 e. The molecule has 0 radical (unpaired) electrons. The molecule has 0 unspecified atom stereocenters. The van der Waals surface area contributed by atoms with Crippen LogP contribution in [0.4, 0.5) is 0 Å². The van der Waals surface area contributed by atoms with Crippen molar-refractivity contribution in [2.75, 3.05) is 0 Å². The largest absolute Gasteiger partial charge is 0.455 e. The molecule has 10 rings (SSSR count). The van der Waals surface area contributed by atoms with E-state index in [1.165, 1.54) is 0 Å². The highest BCUT2D eigenvalue weighted by Gasteiger charge is 2.20. The summed E-state index contributed by atoms with van der Waals surface area (Å²) in [7, 11) is 0. The van der Waals surface area contributed by atoms with Crippen LogP contribution in [0.15, 0.2) is 174 Å². The second-order valence-electron chi connectivity index (χ2n) is 11.8. The Labute approximate surface area is 283 Å². The SMILES string of the molecule is [2H]c1c([2H])c([2H])c2c(-c3ccc(-c4cccc5c4oc4ccccc45)c4ccccc34)c3c([2H])c([2H])c([2H])c([2H])c3c(-c3ccc4ccccc4c3)c2c1[2H]. The highest BCUT2D eigenvalue weighted by Crippen LogP contribution is 2.47. The van der Waals surface area contributed by atoms with Crippen LogP contribution in [-0.2, 0) is 0 Å². The summed E-state index contributed by atoms with van der Waals surface area (Å²) in [5.41, 5.74) is 5.07. The average Bonchev–Trinajstić information content (AvgIpc) is 3.61. The zero-order valence-corrected chi connectivity index (χ0v) is 25.0. The number of furan rings is 1. The fraction of sp³-hybridized carbons (Fsp3) is 0. The summed E-state index contributed by atoms with van der Waals surface area (Å²) >= 11 is 0. The molecular formula is C46H28O. The molecule has 0 aliphatic carbocycles. The summed E-state index contributed by atoms with van der Waals surface area (Å²) in [6.45, 7) is 0. The van der Waals surface area contributed by atoms with Gasteiger partial charge in [-0.1, -0.05) is 158 Å². The molecule has 1 aromatic heterocycles. The van der Waals surface area contributed by atoms with Crippen LogP contribution in [0.2, 0.25) is 0 Å². The first kappa shape index (κ1) is 19.4. The van der Waals surface area contributed by atoms with Crippen LogP contribution in [0.25, 0.3) is 98.4 Å². The van der Waals surface area contributed by atoms with E-state index in [0.717, 1.165) is 54.6 Å². The van der Waals surface area contributed by atoms with Gasteiger partial charge >= 0.3 is 0 Å². The van der Waals surface area contributed by atoms with E-state index in [4.69, 9.17) is 9.90 Å². The van der Waals surface area contributed by atoms with Crippen molar-refractivity contribution in [3.8, 4) is 33.4 Å². The summed E-state index contributed by atoms with van der Waals surface area (Å²) in [6, 6.07) is 36.2. The third-order valence-corrected chi connectivity index (χ3v) is 9.30. The monoisotopic (exact) mass is 604 g/mol. The molecule has 1 nitrogen and oxygen atoms in total. The van der Waals surface area contributed by atoms with Crippen LogP contribution in [0.1, 0.15) is 11.0 Å². The van der Waals surface area contributed by atoms with E-state index >= 15 is 0 Å². The molecule has 0 aliphatic heterocycles. The number of benzene rings is 9. The van der Waals surface area contributed by atoms with E-state index in [9.17, 15) is 5.48 Å². The zero-order valence-electron chi connectivity index (χ0n) is 33.0. The minimum atomic E-state index is -0.430. The van der Waals surface area contributed by atoms with Gasteiger partial charge in [-0.25, -0.2) is 0 Å². The number of hydrogen-bond donors (Lipinski definition) is 0. The van der Waals surface area contributed by atoms with E-state index in [2.05, 4.69) is 0 Å². The minimum absolute atomic E-state index is 0.184. The summed E-state index contributed by atoms with van der Waals surface area (Å²) in [6.07, 6.45) is 0. The van der Waals surface area contributed by atoms with E-state index < -0.39 is 24.2 Å². The highest BCUT2D eigenvalue weighted by atomic mass is 16.3. The average molecular weight is 605 g/mol. The summed E-state index contributed by atoms with van der Waals surface area (Å²) in [5, 5.41) is 6.17. The molecule has 0 N–H and O–H groups in total. The van der Waals surface area contributed by atoms with Crippen LogP contribution in [0.3, 0.4) is 0 Å². The molecule has 10 aromatic rings. The van der Waals surface area contributed by atoms with Crippen molar-refractivity contribution in [1.29, 1.82) is 0 Å². The standard InChI is InChI=1S/C46H28O/c1-2-13-30-28-31(25-24-29(30)12-1)44-36-17-5-7-19-38(36)45(39-20-8-6-18-37(39)44)40-27-26-34(32-14-3-4-15-33(32)40)41-21-11-22-42-35-16-9-10-23-43(35)47-46(41)42/h1-28H/i5D,6D,7D,8D,17D,18D,19D,20D. The Kier molecular flexibility index (Phi) is 4.19. The van der Waals surface area contributed by atoms with Gasteiger partial charge in [-0.05, 0) is 83.0 Å². The van der Waals surface area contributed by atoms with Crippen LogP contribution >= 0.6 is 0 Å². The van der Waals surface area contributed by atoms with Gasteiger partial charge in [0.2, 0.25) is 0 Å². The Morgan fingerprint density at radius 3 is 1.70 bits per heavy atom. The van der Waals surface area contributed by atoms with Crippen LogP contribution < -0.4 is 0 Å². The number of hydrogen-bond acceptors (Lipinski definition) is 1. The van der Waals surface area contributed by atoms with E-state index in [1.807, 2.05) is 121 Å². The maximum Gasteiger partial charge on any atom is 0.143 e. The van der Waals surface area contributed by atoms with Crippen molar-refractivity contribution in [3.63, 3.8) is 0 Å². The van der Waals surface area contributed by atoms with Crippen molar-refractivity contribution in [2.45, 2.75) is 0 Å². The van der Waals surface area contributed by atoms with Crippen molar-refractivity contribution < 1.29 is 15.4 Å². The maximum absolute atomic E-state index is 9.43. The first-order valence-corrected chi connectivity index (χ1v) is 15.5. The molecule has 0 fully saturated rings. The maximum atomic E-state index is 9.43. The van der Waals surface area contributed by atoms with Crippen LogP contribution in [-0.4, -0.2) is 0 Å². The lowest BCUT2D eigenvalue weighted by Gasteiger charge is -2.20. The van der Waals surface area contributed by atoms with Crippen molar-refractivity contribution in [2.24, 2.45) is 0 Å². The molecule has 0 spiro atoms. The molecule has 0 atom stereocenters. The lowest BCUT2D eigenvalue weighted by atomic mass is 9.83. The first-order chi connectivity index (χ1) is 26.7. The predicted molar refractivity (Wildman–Crippen MR) is 200 cm³/mol. The smallest absolute Gasteiger partial charge is 0.143 e. The Hall–Kier alpha value is -6.18. The molecule has 47 heavy (non-hydrogen) atoms. The fourth-order valence-corrected chi connectivity index (χ4v) is 7.24. The van der Waals surface area contributed by atoms with E-state index in [0.29, 0.717) is 22.3 Å². The predicted octanol–water partition coefficient (Wildman–Crippen LogP) is 13.2. The number of fused-ring (bicyclic) bond motifs is 7. The Morgan fingerprint density at radius 2 is 0.957 bits per heavy atom. The Bertz CT molecular complexity index is 3230. The third kappa shape index (κ3) is 3.90. The van der Waals surface area contributed by atoms with E-state index in [-0.39, 0.29) is 45.7 Å². The number of para-hydroxylation sites is 2. The molecule has 0 aliphatic rings. The Balaban J connectivity index is 1.40. The van der Waals surface area contributed by atoms with Crippen LogP contribution in [0, 0.1) is 0 Å². The molecule has 218 valence electrons. The molecular weight excluding hydrogens is 569 g/mol. The van der Waals surface area contributed by atoms with Gasteiger partial charge in [-0.2, -0.15) is 0 Å². The summed E-state index contributed by atoms with van der Waals surface area (Å²) < 4.78 is 79.4.